The van der Waals surface area contributed by atoms with Crippen LogP contribution in [0.1, 0.15) is 36.9 Å². The number of H-pyrrole nitrogens is 1. The SMILES string of the molecule is COc1ccc2[nH]c3c(c2c1)CN(C(=O)CCC1=NNC(=O)CC1)CC3. The first-order chi connectivity index (χ1) is 12.6. The fourth-order valence-corrected chi connectivity index (χ4v) is 3.63. The quantitative estimate of drug-likeness (QED) is 0.882. The van der Waals surface area contributed by atoms with Crippen molar-refractivity contribution >= 4 is 28.4 Å². The summed E-state index contributed by atoms with van der Waals surface area (Å²) in [6.07, 6.45) is 2.96. The Bertz CT molecular complexity index is 900. The lowest BCUT2D eigenvalue weighted by molar-refractivity contribution is -0.131. The Labute approximate surface area is 151 Å². The van der Waals surface area contributed by atoms with Gasteiger partial charge in [0.25, 0.3) is 0 Å². The lowest BCUT2D eigenvalue weighted by Crippen LogP contribution is -2.36. The summed E-state index contributed by atoms with van der Waals surface area (Å²) in [5, 5.41) is 5.16. The minimum Gasteiger partial charge on any atom is -0.497 e. The molecular formula is C19H22N4O3. The van der Waals surface area contributed by atoms with Crippen LogP contribution in [0.5, 0.6) is 5.75 Å². The average Bonchev–Trinajstić information content (AvgIpc) is 3.04. The van der Waals surface area contributed by atoms with Gasteiger partial charge in [0.15, 0.2) is 0 Å². The lowest BCUT2D eigenvalue weighted by Gasteiger charge is -2.27. The van der Waals surface area contributed by atoms with Gasteiger partial charge in [-0.15, -0.1) is 0 Å². The van der Waals surface area contributed by atoms with E-state index in [2.05, 4.69) is 15.5 Å². The molecule has 7 heteroatoms. The van der Waals surface area contributed by atoms with E-state index in [0.29, 0.717) is 32.2 Å². The number of hydrogen-bond donors (Lipinski definition) is 2. The van der Waals surface area contributed by atoms with Gasteiger partial charge in [0.2, 0.25) is 11.8 Å². The van der Waals surface area contributed by atoms with Crippen molar-refractivity contribution in [3.05, 3.63) is 29.5 Å². The molecule has 1 aromatic carbocycles. The predicted octanol–water partition coefficient (Wildman–Crippen LogP) is 2.11. The van der Waals surface area contributed by atoms with Crippen molar-refractivity contribution in [1.82, 2.24) is 15.3 Å². The zero-order chi connectivity index (χ0) is 18.1. The summed E-state index contributed by atoms with van der Waals surface area (Å²) in [4.78, 5) is 29.2. The maximum atomic E-state index is 12.6. The molecule has 0 aliphatic carbocycles. The molecule has 0 fully saturated rings. The molecular weight excluding hydrogens is 332 g/mol. The summed E-state index contributed by atoms with van der Waals surface area (Å²) >= 11 is 0. The Hall–Kier alpha value is -2.83. The lowest BCUT2D eigenvalue weighted by atomic mass is 10.0. The molecule has 0 radical (unpaired) electrons. The third kappa shape index (κ3) is 3.16. The molecule has 2 aromatic rings. The second-order valence-corrected chi connectivity index (χ2v) is 6.77. The highest BCUT2D eigenvalue weighted by Crippen LogP contribution is 2.30. The number of hydrogen-bond acceptors (Lipinski definition) is 4. The molecule has 3 heterocycles. The Kier molecular flexibility index (Phi) is 4.36. The molecule has 136 valence electrons. The molecule has 4 rings (SSSR count). The Balaban J connectivity index is 1.45. The number of amides is 2. The van der Waals surface area contributed by atoms with Crippen LogP contribution < -0.4 is 10.2 Å². The van der Waals surface area contributed by atoms with Gasteiger partial charge in [0, 0.05) is 60.2 Å². The van der Waals surface area contributed by atoms with Crippen LogP contribution in [-0.2, 0) is 22.6 Å². The zero-order valence-corrected chi connectivity index (χ0v) is 14.8. The van der Waals surface area contributed by atoms with Crippen molar-refractivity contribution in [2.24, 2.45) is 5.10 Å². The number of aromatic nitrogens is 1. The summed E-state index contributed by atoms with van der Waals surface area (Å²) in [7, 11) is 1.66. The molecule has 1 aromatic heterocycles. The van der Waals surface area contributed by atoms with E-state index in [1.165, 1.54) is 11.3 Å². The maximum absolute atomic E-state index is 12.6. The van der Waals surface area contributed by atoms with Gasteiger partial charge in [-0.3, -0.25) is 9.59 Å². The third-order valence-corrected chi connectivity index (χ3v) is 5.14. The first-order valence-corrected chi connectivity index (χ1v) is 8.93. The Morgan fingerprint density at radius 1 is 1.31 bits per heavy atom. The fourth-order valence-electron chi connectivity index (χ4n) is 3.63. The van der Waals surface area contributed by atoms with E-state index in [0.717, 1.165) is 35.3 Å². The van der Waals surface area contributed by atoms with E-state index in [9.17, 15) is 9.59 Å². The van der Waals surface area contributed by atoms with Crippen LogP contribution in [0.15, 0.2) is 23.3 Å². The molecule has 2 aliphatic heterocycles. The number of nitrogens with one attached hydrogen (secondary N) is 2. The van der Waals surface area contributed by atoms with Crippen LogP contribution >= 0.6 is 0 Å². The number of fused-ring (bicyclic) bond motifs is 3. The van der Waals surface area contributed by atoms with Gasteiger partial charge in [0.1, 0.15) is 5.75 Å². The van der Waals surface area contributed by atoms with Crippen molar-refractivity contribution in [3.63, 3.8) is 0 Å². The van der Waals surface area contributed by atoms with Crippen LogP contribution in [0.3, 0.4) is 0 Å². The van der Waals surface area contributed by atoms with Crippen LogP contribution in [0.4, 0.5) is 0 Å². The molecule has 0 spiro atoms. The Morgan fingerprint density at radius 2 is 2.19 bits per heavy atom. The summed E-state index contributed by atoms with van der Waals surface area (Å²) in [5.41, 5.74) is 6.85. The van der Waals surface area contributed by atoms with Gasteiger partial charge in [0.05, 0.1) is 7.11 Å². The molecule has 2 N–H and O–H groups in total. The topological polar surface area (TPSA) is 86.8 Å². The van der Waals surface area contributed by atoms with Crippen molar-refractivity contribution in [2.45, 2.75) is 38.6 Å². The number of methoxy groups -OCH3 is 1. The van der Waals surface area contributed by atoms with Crippen LogP contribution in [0.2, 0.25) is 0 Å². The number of hydrazone groups is 1. The van der Waals surface area contributed by atoms with E-state index in [4.69, 9.17) is 4.74 Å². The first-order valence-electron chi connectivity index (χ1n) is 8.93. The minimum atomic E-state index is -0.0570. The highest BCUT2D eigenvalue weighted by Gasteiger charge is 2.24. The average molecular weight is 354 g/mol. The van der Waals surface area contributed by atoms with E-state index in [-0.39, 0.29) is 11.8 Å². The van der Waals surface area contributed by atoms with Crippen molar-refractivity contribution in [1.29, 1.82) is 0 Å². The van der Waals surface area contributed by atoms with Gasteiger partial charge >= 0.3 is 0 Å². The predicted molar refractivity (Wildman–Crippen MR) is 98.0 cm³/mol. The van der Waals surface area contributed by atoms with E-state index < -0.39 is 0 Å². The molecule has 0 saturated heterocycles. The first kappa shape index (κ1) is 16.6. The molecule has 0 atom stereocenters. The van der Waals surface area contributed by atoms with Crippen molar-refractivity contribution < 1.29 is 14.3 Å². The molecule has 0 saturated carbocycles. The number of carbonyl (C=O) groups excluding carboxylic acids is 2. The molecule has 0 bridgehead atoms. The molecule has 2 aliphatic rings. The van der Waals surface area contributed by atoms with Gasteiger partial charge in [-0.2, -0.15) is 5.10 Å². The smallest absolute Gasteiger partial charge is 0.240 e. The second-order valence-electron chi connectivity index (χ2n) is 6.77. The van der Waals surface area contributed by atoms with Gasteiger partial charge in [-0.1, -0.05) is 0 Å². The van der Waals surface area contributed by atoms with E-state index in [1.54, 1.807) is 7.11 Å². The highest BCUT2D eigenvalue weighted by atomic mass is 16.5. The summed E-state index contributed by atoms with van der Waals surface area (Å²) in [6, 6.07) is 5.99. The largest absolute Gasteiger partial charge is 0.497 e. The van der Waals surface area contributed by atoms with Gasteiger partial charge in [-0.25, -0.2) is 5.43 Å². The number of carbonyl (C=O) groups is 2. The third-order valence-electron chi connectivity index (χ3n) is 5.14. The number of benzene rings is 1. The normalized spacial score (nSPS) is 16.9. The van der Waals surface area contributed by atoms with E-state index >= 15 is 0 Å². The van der Waals surface area contributed by atoms with Crippen LogP contribution in [-0.4, -0.2) is 41.1 Å². The molecule has 7 nitrogen and oxygen atoms in total. The minimum absolute atomic E-state index is 0.0570. The van der Waals surface area contributed by atoms with Gasteiger partial charge < -0.3 is 14.6 Å². The summed E-state index contributed by atoms with van der Waals surface area (Å²) in [5.74, 6) is 0.894. The Morgan fingerprint density at radius 3 is 2.96 bits per heavy atom. The van der Waals surface area contributed by atoms with Crippen LogP contribution in [0, 0.1) is 0 Å². The number of rotatable bonds is 4. The molecule has 0 unspecified atom stereocenters. The number of aromatic amines is 1. The molecule has 26 heavy (non-hydrogen) atoms. The van der Waals surface area contributed by atoms with Crippen LogP contribution in [0.25, 0.3) is 10.9 Å². The van der Waals surface area contributed by atoms with Gasteiger partial charge in [-0.05, 0) is 31.0 Å². The maximum Gasteiger partial charge on any atom is 0.240 e. The second kappa shape index (κ2) is 6.82. The summed E-state index contributed by atoms with van der Waals surface area (Å²) < 4.78 is 5.33. The zero-order valence-electron chi connectivity index (χ0n) is 14.8. The monoisotopic (exact) mass is 354 g/mol. The summed E-state index contributed by atoms with van der Waals surface area (Å²) in [6.45, 7) is 1.34. The molecule has 2 amide bonds. The standard InChI is InChI=1S/C19H22N4O3/c1-26-13-4-5-16-14(10-13)15-11-23(9-8-17(15)20-16)19(25)7-3-12-2-6-18(24)22-21-12/h4-5,10,20H,2-3,6-9,11H2,1H3,(H,22,24). The number of nitrogens with zero attached hydrogens (tertiary/aromatic N) is 2. The van der Waals surface area contributed by atoms with Crippen molar-refractivity contribution in [3.8, 4) is 5.75 Å². The highest BCUT2D eigenvalue weighted by molar-refractivity contribution is 5.94. The van der Waals surface area contributed by atoms with Crippen molar-refractivity contribution in [2.75, 3.05) is 13.7 Å². The van der Waals surface area contributed by atoms with E-state index in [1.807, 2.05) is 23.1 Å². The number of ether oxygens (including phenoxy) is 1. The fraction of sp³-hybridized carbons (Fsp3) is 0.421.